The van der Waals surface area contributed by atoms with Crippen molar-refractivity contribution in [1.29, 1.82) is 0 Å². The van der Waals surface area contributed by atoms with Crippen molar-refractivity contribution in [3.05, 3.63) is 65.7 Å². The van der Waals surface area contributed by atoms with Crippen molar-refractivity contribution in [2.24, 2.45) is 0 Å². The van der Waals surface area contributed by atoms with E-state index in [0.29, 0.717) is 11.6 Å². The molecule has 4 rings (SSSR count). The van der Waals surface area contributed by atoms with Crippen LogP contribution in [-0.4, -0.2) is 68.2 Å². The minimum absolute atomic E-state index is 0.274. The first-order valence-electron chi connectivity index (χ1n) is 10.7. The third kappa shape index (κ3) is 4.98. The van der Waals surface area contributed by atoms with Crippen LogP contribution in [0.5, 0.6) is 0 Å². The summed E-state index contributed by atoms with van der Waals surface area (Å²) < 4.78 is 4.78. The van der Waals surface area contributed by atoms with Gasteiger partial charge in [0, 0.05) is 51.0 Å². The molecule has 2 aromatic rings. The van der Waals surface area contributed by atoms with Crippen molar-refractivity contribution in [3.8, 4) is 0 Å². The highest BCUT2D eigenvalue weighted by Gasteiger charge is 2.28. The Kier molecular flexibility index (Phi) is 6.47. The Labute approximate surface area is 173 Å². The highest BCUT2D eigenvalue weighted by Crippen LogP contribution is 2.22. The summed E-state index contributed by atoms with van der Waals surface area (Å²) in [5, 5.41) is 0. The Morgan fingerprint density at radius 2 is 1.69 bits per heavy atom. The minimum atomic E-state index is -0.274. The van der Waals surface area contributed by atoms with E-state index >= 15 is 0 Å². The Balaban J connectivity index is 1.29. The van der Waals surface area contributed by atoms with Crippen molar-refractivity contribution in [2.45, 2.75) is 25.4 Å². The largest absolute Gasteiger partial charge is 0.465 e. The Morgan fingerprint density at radius 3 is 2.38 bits per heavy atom. The molecular weight excluding hydrogens is 362 g/mol. The van der Waals surface area contributed by atoms with E-state index in [0.717, 1.165) is 45.8 Å². The smallest absolute Gasteiger partial charge is 0.337 e. The summed E-state index contributed by atoms with van der Waals surface area (Å²) in [5.74, 6) is -0.274. The molecule has 0 radical (unpaired) electrons. The fraction of sp³-hybridized carbons (Fsp3) is 0.458. The summed E-state index contributed by atoms with van der Waals surface area (Å²) in [6.07, 6.45) is 2.55. The number of para-hydroxylation sites is 1. The van der Waals surface area contributed by atoms with Gasteiger partial charge in [0.2, 0.25) is 0 Å². The summed E-state index contributed by atoms with van der Waals surface area (Å²) in [7, 11) is 1.42. The molecule has 2 fully saturated rings. The van der Waals surface area contributed by atoms with Gasteiger partial charge in [-0.25, -0.2) is 4.79 Å². The van der Waals surface area contributed by atoms with Crippen LogP contribution in [0.3, 0.4) is 0 Å². The zero-order valence-corrected chi connectivity index (χ0v) is 17.3. The number of likely N-dealkylation sites (tertiary alicyclic amines) is 1. The number of rotatable bonds is 5. The van der Waals surface area contributed by atoms with Gasteiger partial charge < -0.3 is 9.64 Å². The normalized spacial score (nSPS) is 21.1. The molecule has 29 heavy (non-hydrogen) atoms. The third-order valence-corrected chi connectivity index (χ3v) is 6.21. The van der Waals surface area contributed by atoms with Gasteiger partial charge in [0.25, 0.3) is 0 Å². The van der Waals surface area contributed by atoms with Crippen molar-refractivity contribution in [2.75, 3.05) is 51.3 Å². The van der Waals surface area contributed by atoms with Gasteiger partial charge in [-0.3, -0.25) is 9.80 Å². The van der Waals surface area contributed by atoms with Crippen LogP contribution in [0.1, 0.15) is 28.8 Å². The molecule has 2 saturated heterocycles. The van der Waals surface area contributed by atoms with Crippen molar-refractivity contribution in [3.63, 3.8) is 0 Å². The van der Waals surface area contributed by atoms with E-state index < -0.39 is 0 Å². The van der Waals surface area contributed by atoms with E-state index in [1.807, 2.05) is 12.1 Å². The fourth-order valence-electron chi connectivity index (χ4n) is 4.58. The monoisotopic (exact) mass is 393 g/mol. The van der Waals surface area contributed by atoms with Crippen LogP contribution < -0.4 is 4.90 Å². The Morgan fingerprint density at radius 1 is 0.966 bits per heavy atom. The van der Waals surface area contributed by atoms with Crippen molar-refractivity contribution in [1.82, 2.24) is 9.80 Å². The number of esters is 1. The van der Waals surface area contributed by atoms with Crippen molar-refractivity contribution >= 4 is 11.7 Å². The van der Waals surface area contributed by atoms with Crippen LogP contribution in [0.15, 0.2) is 54.6 Å². The van der Waals surface area contributed by atoms with Gasteiger partial charge in [0.05, 0.1) is 12.7 Å². The highest BCUT2D eigenvalue weighted by molar-refractivity contribution is 5.89. The molecule has 2 heterocycles. The first-order chi connectivity index (χ1) is 14.2. The molecular formula is C24H31N3O2. The van der Waals surface area contributed by atoms with Gasteiger partial charge in [-0.05, 0) is 49.2 Å². The zero-order valence-electron chi connectivity index (χ0n) is 17.3. The number of carbonyl (C=O) groups is 1. The lowest BCUT2D eigenvalue weighted by Crippen LogP contribution is -2.55. The number of piperazine rings is 1. The number of hydrogen-bond donors (Lipinski definition) is 0. The number of piperidine rings is 1. The number of ether oxygens (including phenoxy) is 1. The molecule has 0 aromatic heterocycles. The number of methoxy groups -OCH3 is 1. The minimum Gasteiger partial charge on any atom is -0.465 e. The lowest BCUT2D eigenvalue weighted by molar-refractivity contribution is 0.0600. The first kappa shape index (κ1) is 19.9. The summed E-state index contributed by atoms with van der Waals surface area (Å²) >= 11 is 0. The molecule has 2 aliphatic heterocycles. The van der Waals surface area contributed by atoms with Crippen LogP contribution in [-0.2, 0) is 11.3 Å². The van der Waals surface area contributed by atoms with Crippen LogP contribution in [0.25, 0.3) is 0 Å². The van der Waals surface area contributed by atoms with E-state index in [9.17, 15) is 4.79 Å². The lowest BCUT2D eigenvalue weighted by atomic mass is 10.0. The molecule has 0 unspecified atom stereocenters. The van der Waals surface area contributed by atoms with E-state index in [2.05, 4.69) is 57.2 Å². The van der Waals surface area contributed by atoms with Gasteiger partial charge in [0.15, 0.2) is 0 Å². The summed E-state index contributed by atoms with van der Waals surface area (Å²) in [6.45, 7) is 7.72. The predicted octanol–water partition coefficient (Wildman–Crippen LogP) is 3.26. The second kappa shape index (κ2) is 9.42. The molecule has 0 N–H and O–H groups in total. The van der Waals surface area contributed by atoms with Gasteiger partial charge in [-0.2, -0.15) is 0 Å². The molecule has 2 aromatic carbocycles. The molecule has 5 heteroatoms. The van der Waals surface area contributed by atoms with E-state index in [4.69, 9.17) is 4.74 Å². The second-order valence-corrected chi connectivity index (χ2v) is 8.08. The first-order valence-corrected chi connectivity index (χ1v) is 10.7. The maximum absolute atomic E-state index is 11.6. The van der Waals surface area contributed by atoms with Crippen LogP contribution in [0, 0.1) is 0 Å². The Bertz CT molecular complexity index is 786. The molecule has 2 aliphatic rings. The molecule has 0 amide bonds. The number of anilines is 1. The van der Waals surface area contributed by atoms with Gasteiger partial charge in [-0.1, -0.05) is 30.3 Å². The SMILES string of the molecule is COC(=O)c1ccc(CN2CCC[C@H](N3CCN(c4ccccc4)CC3)C2)cc1. The number of benzene rings is 2. The van der Waals surface area contributed by atoms with Crippen LogP contribution >= 0.6 is 0 Å². The lowest BCUT2D eigenvalue weighted by Gasteiger charge is -2.44. The summed E-state index contributed by atoms with van der Waals surface area (Å²) in [5.41, 5.74) is 3.21. The fourth-order valence-corrected chi connectivity index (χ4v) is 4.58. The number of hydrogen-bond acceptors (Lipinski definition) is 5. The third-order valence-electron chi connectivity index (χ3n) is 6.21. The maximum Gasteiger partial charge on any atom is 0.337 e. The van der Waals surface area contributed by atoms with Crippen molar-refractivity contribution < 1.29 is 9.53 Å². The van der Waals surface area contributed by atoms with E-state index in [1.54, 1.807) is 0 Å². The molecule has 0 spiro atoms. The second-order valence-electron chi connectivity index (χ2n) is 8.08. The molecule has 0 bridgehead atoms. The zero-order chi connectivity index (χ0) is 20.1. The average Bonchev–Trinajstić information content (AvgIpc) is 2.80. The van der Waals surface area contributed by atoms with Crippen LogP contribution in [0.4, 0.5) is 5.69 Å². The van der Waals surface area contributed by atoms with E-state index in [-0.39, 0.29) is 5.97 Å². The van der Waals surface area contributed by atoms with Gasteiger partial charge in [-0.15, -0.1) is 0 Å². The topological polar surface area (TPSA) is 36.0 Å². The molecule has 1 atom stereocenters. The van der Waals surface area contributed by atoms with Gasteiger partial charge in [0.1, 0.15) is 0 Å². The molecule has 5 nitrogen and oxygen atoms in total. The predicted molar refractivity (Wildman–Crippen MR) is 116 cm³/mol. The maximum atomic E-state index is 11.6. The summed E-state index contributed by atoms with van der Waals surface area (Å²) in [6, 6.07) is 19.2. The van der Waals surface area contributed by atoms with E-state index in [1.165, 1.54) is 31.2 Å². The quantitative estimate of drug-likeness (QED) is 0.729. The Hall–Kier alpha value is -2.37. The average molecular weight is 394 g/mol. The molecule has 154 valence electrons. The molecule has 0 aliphatic carbocycles. The van der Waals surface area contributed by atoms with Crippen LogP contribution in [0.2, 0.25) is 0 Å². The standard InChI is InChI=1S/C24H31N3O2/c1-29-24(28)21-11-9-20(10-12-21)18-25-13-5-8-23(19-25)27-16-14-26(15-17-27)22-6-3-2-4-7-22/h2-4,6-7,9-12,23H,5,8,13-19H2,1H3/t23-/m0/s1. The highest BCUT2D eigenvalue weighted by atomic mass is 16.5. The number of carbonyl (C=O) groups excluding carboxylic acids is 1. The van der Waals surface area contributed by atoms with Gasteiger partial charge >= 0.3 is 5.97 Å². The number of nitrogens with zero attached hydrogens (tertiary/aromatic N) is 3. The summed E-state index contributed by atoms with van der Waals surface area (Å²) in [4.78, 5) is 19.4. The molecule has 0 saturated carbocycles.